The van der Waals surface area contributed by atoms with Crippen LogP contribution in [0.5, 0.6) is 0 Å². The van der Waals surface area contributed by atoms with Crippen molar-refractivity contribution in [3.63, 3.8) is 0 Å². The van der Waals surface area contributed by atoms with E-state index in [-0.39, 0.29) is 17.7 Å². The van der Waals surface area contributed by atoms with Crippen LogP contribution < -0.4 is 21.3 Å². The molecule has 244 valence electrons. The van der Waals surface area contributed by atoms with E-state index in [9.17, 15) is 0 Å². The average molecular weight is 650 g/mol. The van der Waals surface area contributed by atoms with Crippen LogP contribution in [0.25, 0.3) is 55.6 Å². The lowest BCUT2D eigenvalue weighted by molar-refractivity contribution is 0.450. The fourth-order valence-electron chi connectivity index (χ4n) is 8.82. The molecular formula is C46H39N3O. The lowest BCUT2D eigenvalue weighted by Crippen LogP contribution is -2.54. The molecule has 4 aliphatic rings. The molecule has 0 spiro atoms. The van der Waals surface area contributed by atoms with Crippen LogP contribution in [-0.2, 0) is 5.41 Å². The Bertz CT molecular complexity index is 2580. The number of hydrogen-bond acceptors (Lipinski definition) is 4. The second-order valence-corrected chi connectivity index (χ2v) is 14.6. The molecule has 4 heteroatoms. The molecule has 2 N–H and O–H groups in total. The maximum Gasteiger partial charge on any atom is 0.135 e. The van der Waals surface area contributed by atoms with Gasteiger partial charge in [-0.3, -0.25) is 5.32 Å². The van der Waals surface area contributed by atoms with Crippen molar-refractivity contribution in [2.24, 2.45) is 4.99 Å². The van der Waals surface area contributed by atoms with Crippen molar-refractivity contribution >= 4 is 39.2 Å². The van der Waals surface area contributed by atoms with Crippen LogP contribution in [0.1, 0.15) is 62.4 Å². The minimum Gasteiger partial charge on any atom is -0.456 e. The Kier molecular flexibility index (Phi) is 6.66. The Morgan fingerprint density at radius 3 is 2.46 bits per heavy atom. The van der Waals surface area contributed by atoms with E-state index in [1.54, 1.807) is 0 Å². The second-order valence-electron chi connectivity index (χ2n) is 14.6. The molecule has 5 aromatic carbocycles. The predicted molar refractivity (Wildman–Crippen MR) is 206 cm³/mol. The molecule has 1 aromatic heterocycles. The van der Waals surface area contributed by atoms with E-state index in [4.69, 9.17) is 9.41 Å². The van der Waals surface area contributed by atoms with Gasteiger partial charge < -0.3 is 9.73 Å². The minimum atomic E-state index is -0.208. The summed E-state index contributed by atoms with van der Waals surface area (Å²) in [5, 5.41) is 12.8. The van der Waals surface area contributed by atoms with Crippen LogP contribution in [0.3, 0.4) is 0 Å². The summed E-state index contributed by atoms with van der Waals surface area (Å²) in [6.45, 7) is 4.77. The zero-order valence-corrected chi connectivity index (χ0v) is 28.5. The Hall–Kier alpha value is -5.45. The van der Waals surface area contributed by atoms with Crippen molar-refractivity contribution in [2.75, 3.05) is 0 Å². The highest BCUT2D eigenvalue weighted by Crippen LogP contribution is 2.54. The highest BCUT2D eigenvalue weighted by molar-refractivity contribution is 6.08. The summed E-state index contributed by atoms with van der Waals surface area (Å²) in [5.41, 5.74) is 13.5. The summed E-state index contributed by atoms with van der Waals surface area (Å²) in [7, 11) is 0. The molecule has 10 rings (SSSR count). The maximum atomic E-state index is 6.36. The molecule has 0 fully saturated rings. The number of allylic oxidation sites excluding steroid dienone is 3. The first-order chi connectivity index (χ1) is 24.5. The number of aliphatic imine (C=N–C) groups is 1. The standard InChI is InChI=1S/C46H39N3O/c1-46(2)36-27-31(24-25-33(36)42-37(46)26-30-18-9-10-19-32(30)40(42)28-14-5-3-6-15-28)44-47-43(29-16-7-4-8-17-29)48-45(49-44)35-21-13-23-39-41(35)34-20-11-12-22-38(34)50-39/h3-7,9-12,14-16,18-20,22-27,44-45,49H,8,13,17,21H2,1-2H3,(H,47,48). The van der Waals surface area contributed by atoms with Crippen LogP contribution in [0, 0.1) is 0 Å². The van der Waals surface area contributed by atoms with Crippen LogP contribution in [-0.4, -0.2) is 12.0 Å². The van der Waals surface area contributed by atoms with Crippen LogP contribution in [0.4, 0.5) is 0 Å². The van der Waals surface area contributed by atoms with E-state index < -0.39 is 0 Å². The fraction of sp³-hybridized carbons (Fsp3) is 0.196. The molecular weight excluding hydrogens is 611 g/mol. The minimum absolute atomic E-state index is 0.0822. The summed E-state index contributed by atoms with van der Waals surface area (Å²) in [4.78, 5) is 5.41. The number of nitrogens with one attached hydrogen (secondary N) is 2. The van der Waals surface area contributed by atoms with Gasteiger partial charge in [0.2, 0.25) is 0 Å². The number of furan rings is 1. The third kappa shape index (κ3) is 4.52. The first-order valence-electron chi connectivity index (χ1n) is 18.0. The number of nitrogens with zero attached hydrogens (tertiary/aromatic N) is 1. The molecule has 0 saturated heterocycles. The van der Waals surface area contributed by atoms with Crippen molar-refractivity contribution in [3.05, 3.63) is 154 Å². The molecule has 6 aromatic rings. The van der Waals surface area contributed by atoms with Crippen LogP contribution in [0.2, 0.25) is 0 Å². The summed E-state index contributed by atoms with van der Waals surface area (Å²) in [6, 6.07) is 37.7. The Labute approximate surface area is 292 Å². The van der Waals surface area contributed by atoms with Crippen molar-refractivity contribution < 1.29 is 4.42 Å². The van der Waals surface area contributed by atoms with Crippen LogP contribution >= 0.6 is 0 Å². The van der Waals surface area contributed by atoms with Crippen molar-refractivity contribution in [1.82, 2.24) is 10.6 Å². The summed E-state index contributed by atoms with van der Waals surface area (Å²) >= 11 is 0. The third-order valence-electron chi connectivity index (χ3n) is 11.3. The highest BCUT2D eigenvalue weighted by Gasteiger charge is 2.39. The molecule has 0 bridgehead atoms. The highest BCUT2D eigenvalue weighted by atomic mass is 16.3. The lowest BCUT2D eigenvalue weighted by atomic mass is 9.80. The Balaban J connectivity index is 1.13. The summed E-state index contributed by atoms with van der Waals surface area (Å²) in [6.07, 6.45) is 12.5. The van der Waals surface area contributed by atoms with Gasteiger partial charge in [0.05, 0.1) is 0 Å². The quantitative estimate of drug-likeness (QED) is 0.200. The number of amidine groups is 1. The van der Waals surface area contributed by atoms with E-state index in [2.05, 4.69) is 152 Å². The molecule has 2 atom stereocenters. The van der Waals surface area contributed by atoms with E-state index in [1.165, 1.54) is 71.5 Å². The van der Waals surface area contributed by atoms with Gasteiger partial charge in [-0.1, -0.05) is 123 Å². The number of rotatable bonds is 4. The molecule has 3 aliphatic carbocycles. The molecule has 4 nitrogen and oxygen atoms in total. The topological polar surface area (TPSA) is 49.6 Å². The molecule has 0 radical (unpaired) electrons. The summed E-state index contributed by atoms with van der Waals surface area (Å²) < 4.78 is 6.36. The van der Waals surface area contributed by atoms with Gasteiger partial charge in [-0.05, 0) is 105 Å². The molecule has 50 heavy (non-hydrogen) atoms. The molecule has 0 amide bonds. The van der Waals surface area contributed by atoms with Gasteiger partial charge in [-0.25, -0.2) is 4.99 Å². The van der Waals surface area contributed by atoms with E-state index in [1.807, 2.05) is 0 Å². The number of hydrogen-bond donors (Lipinski definition) is 2. The smallest absolute Gasteiger partial charge is 0.135 e. The van der Waals surface area contributed by atoms with E-state index >= 15 is 0 Å². The van der Waals surface area contributed by atoms with Crippen molar-refractivity contribution in [2.45, 2.75) is 57.3 Å². The van der Waals surface area contributed by atoms with Crippen molar-refractivity contribution in [3.8, 4) is 22.3 Å². The molecule has 2 unspecified atom stereocenters. The van der Waals surface area contributed by atoms with Gasteiger partial charge in [0.15, 0.2) is 0 Å². The maximum absolute atomic E-state index is 6.36. The third-order valence-corrected chi connectivity index (χ3v) is 11.3. The van der Waals surface area contributed by atoms with E-state index in [0.29, 0.717) is 0 Å². The van der Waals surface area contributed by atoms with Gasteiger partial charge in [-0.2, -0.15) is 0 Å². The number of fused-ring (bicyclic) bond motifs is 7. The van der Waals surface area contributed by atoms with Crippen LogP contribution in [0.15, 0.2) is 136 Å². The first-order valence-corrected chi connectivity index (χ1v) is 18.0. The SMILES string of the molecule is CC1(C)c2cc(C3N=C(C4=CC=CCC4)NC(C4=c5c(oc6ccccc56)=CCC4)N3)ccc2-c2c1cc1ccccc1c2-c1ccccc1. The van der Waals surface area contributed by atoms with Gasteiger partial charge in [-0.15, -0.1) is 0 Å². The fourth-order valence-corrected chi connectivity index (χ4v) is 8.82. The predicted octanol–water partition coefficient (Wildman–Crippen LogP) is 9.18. The van der Waals surface area contributed by atoms with E-state index in [0.717, 1.165) is 42.5 Å². The monoisotopic (exact) mass is 649 g/mol. The van der Waals surface area contributed by atoms with Gasteiger partial charge >= 0.3 is 0 Å². The normalized spacial score (nSPS) is 20.4. The molecule has 2 heterocycles. The Morgan fingerprint density at radius 1 is 0.780 bits per heavy atom. The van der Waals surface area contributed by atoms with Crippen molar-refractivity contribution in [1.29, 1.82) is 0 Å². The van der Waals surface area contributed by atoms with Gasteiger partial charge in [0.1, 0.15) is 29.2 Å². The zero-order valence-electron chi connectivity index (χ0n) is 28.5. The second kappa shape index (κ2) is 11.3. The Morgan fingerprint density at radius 2 is 1.60 bits per heavy atom. The average Bonchev–Trinajstić information content (AvgIpc) is 3.66. The molecule has 1 aliphatic heterocycles. The lowest BCUT2D eigenvalue weighted by Gasteiger charge is -2.35. The summed E-state index contributed by atoms with van der Waals surface area (Å²) in [5.74, 6) is 0.986. The molecule has 0 saturated carbocycles. The van der Waals surface area contributed by atoms with Gasteiger partial charge in [0.25, 0.3) is 0 Å². The zero-order chi connectivity index (χ0) is 33.4. The van der Waals surface area contributed by atoms with Gasteiger partial charge in [0, 0.05) is 16.0 Å². The number of para-hydroxylation sites is 1. The first kappa shape index (κ1) is 29.5. The number of benzene rings is 5. The largest absolute Gasteiger partial charge is 0.456 e.